The number of hydrogen-bond acceptors (Lipinski definition) is 7. The van der Waals surface area contributed by atoms with Crippen LogP contribution in [0.4, 0.5) is 5.69 Å². The molecule has 1 heterocycles. The Morgan fingerprint density at radius 1 is 0.893 bits per heavy atom. The van der Waals surface area contributed by atoms with Crippen molar-refractivity contribution in [3.05, 3.63) is 48.2 Å². The quantitative estimate of drug-likeness (QED) is 0.643. The number of aromatic nitrogens is 1. The van der Waals surface area contributed by atoms with Crippen LogP contribution in [-0.2, 0) is 10.0 Å². The summed E-state index contributed by atoms with van der Waals surface area (Å²) in [6.07, 6.45) is 0. The molecule has 0 aliphatic rings. The van der Waals surface area contributed by atoms with E-state index in [9.17, 15) is 8.42 Å². The number of methoxy groups -OCH3 is 3. The summed E-state index contributed by atoms with van der Waals surface area (Å²) in [6.45, 7) is 1.78. The van der Waals surface area contributed by atoms with E-state index in [1.165, 1.54) is 33.5 Å². The van der Waals surface area contributed by atoms with E-state index in [0.717, 1.165) is 0 Å². The van der Waals surface area contributed by atoms with Crippen molar-refractivity contribution < 1.29 is 27.2 Å². The first-order valence-corrected chi connectivity index (χ1v) is 9.73. The Morgan fingerprint density at radius 3 is 2.18 bits per heavy atom. The summed E-state index contributed by atoms with van der Waals surface area (Å²) in [5.41, 5.74) is 1.58. The predicted molar refractivity (Wildman–Crippen MR) is 104 cm³/mol. The summed E-state index contributed by atoms with van der Waals surface area (Å²) in [7, 11) is 0.425. The smallest absolute Gasteiger partial charge is 0.265 e. The second-order valence-electron chi connectivity index (χ2n) is 5.87. The van der Waals surface area contributed by atoms with E-state index >= 15 is 0 Å². The molecule has 0 saturated carbocycles. The van der Waals surface area contributed by atoms with Crippen LogP contribution in [-0.4, -0.2) is 34.9 Å². The van der Waals surface area contributed by atoms with Gasteiger partial charge in [0.2, 0.25) is 0 Å². The normalized spacial score (nSPS) is 11.1. The molecular weight excluding hydrogens is 384 g/mol. The molecule has 2 aromatic carbocycles. The summed E-state index contributed by atoms with van der Waals surface area (Å²) in [4.78, 5) is -0.0312. The maximum absolute atomic E-state index is 13.0. The molecule has 0 aliphatic carbocycles. The molecule has 9 heteroatoms. The highest BCUT2D eigenvalue weighted by Gasteiger charge is 2.22. The van der Waals surface area contributed by atoms with E-state index in [-0.39, 0.29) is 10.6 Å². The molecule has 28 heavy (non-hydrogen) atoms. The summed E-state index contributed by atoms with van der Waals surface area (Å²) in [5.74, 6) is 1.56. The molecule has 0 atom stereocenters. The molecule has 1 N–H and O–H groups in total. The Hall–Kier alpha value is -3.20. The lowest BCUT2D eigenvalue weighted by molar-refractivity contribution is 0.355. The number of anilines is 1. The second kappa shape index (κ2) is 7.81. The van der Waals surface area contributed by atoms with Crippen molar-refractivity contribution >= 4 is 15.7 Å². The zero-order valence-electron chi connectivity index (χ0n) is 15.8. The highest BCUT2D eigenvalue weighted by molar-refractivity contribution is 7.92. The fraction of sp³-hybridized carbons (Fsp3) is 0.211. The van der Waals surface area contributed by atoms with E-state index in [2.05, 4.69) is 9.88 Å². The molecule has 0 fully saturated rings. The van der Waals surface area contributed by atoms with Crippen molar-refractivity contribution in [3.8, 4) is 28.6 Å². The van der Waals surface area contributed by atoms with Gasteiger partial charge in [0.05, 0.1) is 32.7 Å². The fourth-order valence-electron chi connectivity index (χ4n) is 2.65. The van der Waals surface area contributed by atoms with Gasteiger partial charge in [-0.25, -0.2) is 8.42 Å². The third-order valence-corrected chi connectivity index (χ3v) is 5.40. The maximum atomic E-state index is 13.0. The van der Waals surface area contributed by atoms with E-state index in [0.29, 0.717) is 34.2 Å². The first-order valence-electron chi connectivity index (χ1n) is 8.24. The van der Waals surface area contributed by atoms with Crippen molar-refractivity contribution in [2.75, 3.05) is 26.1 Å². The maximum Gasteiger partial charge on any atom is 0.265 e. The van der Waals surface area contributed by atoms with Crippen molar-refractivity contribution in [2.24, 2.45) is 0 Å². The molecule has 0 saturated heterocycles. The third kappa shape index (κ3) is 3.89. The molecule has 0 bridgehead atoms. The number of aryl methyl sites for hydroxylation is 1. The lowest BCUT2D eigenvalue weighted by Gasteiger charge is -2.14. The van der Waals surface area contributed by atoms with E-state index in [1.54, 1.807) is 37.3 Å². The monoisotopic (exact) mass is 404 g/mol. The summed E-state index contributed by atoms with van der Waals surface area (Å²) < 4.78 is 49.4. The number of hydrogen-bond donors (Lipinski definition) is 1. The van der Waals surface area contributed by atoms with Gasteiger partial charge in [0.25, 0.3) is 10.0 Å². The average molecular weight is 404 g/mol. The number of benzene rings is 2. The number of rotatable bonds is 7. The molecule has 8 nitrogen and oxygen atoms in total. The van der Waals surface area contributed by atoms with Gasteiger partial charge < -0.3 is 18.7 Å². The first-order chi connectivity index (χ1) is 13.4. The minimum Gasteiger partial charge on any atom is -0.495 e. The molecule has 148 valence electrons. The SMILES string of the molecule is COc1ccc(NS(=O)(=O)c2cc(-c3cc(C)no3)ccc2OC)cc1OC. The predicted octanol–water partition coefficient (Wildman–Crippen LogP) is 3.48. The van der Waals surface area contributed by atoms with Crippen molar-refractivity contribution in [1.29, 1.82) is 0 Å². The zero-order chi connectivity index (χ0) is 20.3. The minimum absolute atomic E-state index is 0.0312. The Morgan fingerprint density at radius 2 is 1.57 bits per heavy atom. The number of nitrogens with one attached hydrogen (secondary N) is 1. The van der Waals surface area contributed by atoms with Gasteiger partial charge in [-0.3, -0.25) is 4.72 Å². The topological polar surface area (TPSA) is 99.9 Å². The molecular formula is C19H20N2O6S. The van der Waals surface area contributed by atoms with Crippen LogP contribution in [0, 0.1) is 6.92 Å². The molecule has 3 rings (SSSR count). The average Bonchev–Trinajstić information content (AvgIpc) is 3.13. The largest absolute Gasteiger partial charge is 0.495 e. The Balaban J connectivity index is 2.01. The molecule has 0 spiro atoms. The number of sulfonamides is 1. The lowest BCUT2D eigenvalue weighted by atomic mass is 10.1. The molecule has 0 radical (unpaired) electrons. The summed E-state index contributed by atoms with van der Waals surface area (Å²) in [6, 6.07) is 11.2. The van der Waals surface area contributed by atoms with Crippen LogP contribution < -0.4 is 18.9 Å². The second-order valence-corrected chi connectivity index (χ2v) is 7.52. The van der Waals surface area contributed by atoms with Crippen LogP contribution in [0.3, 0.4) is 0 Å². The summed E-state index contributed by atoms with van der Waals surface area (Å²) in [5, 5.41) is 3.83. The van der Waals surface area contributed by atoms with Gasteiger partial charge in [0.15, 0.2) is 17.3 Å². The fourth-order valence-corrected chi connectivity index (χ4v) is 3.90. The molecule has 0 aliphatic heterocycles. The molecule has 1 aromatic heterocycles. The lowest BCUT2D eigenvalue weighted by Crippen LogP contribution is -2.14. The Labute approximate surface area is 163 Å². The first kappa shape index (κ1) is 19.6. The van der Waals surface area contributed by atoms with Gasteiger partial charge in [0, 0.05) is 17.7 Å². The third-order valence-electron chi connectivity index (χ3n) is 4.00. The van der Waals surface area contributed by atoms with E-state index < -0.39 is 10.0 Å². The number of nitrogens with zero attached hydrogens (tertiary/aromatic N) is 1. The van der Waals surface area contributed by atoms with Gasteiger partial charge in [0.1, 0.15) is 10.6 Å². The van der Waals surface area contributed by atoms with Gasteiger partial charge >= 0.3 is 0 Å². The molecule has 3 aromatic rings. The highest BCUT2D eigenvalue weighted by atomic mass is 32.2. The Kier molecular flexibility index (Phi) is 5.46. The van der Waals surface area contributed by atoms with Crippen molar-refractivity contribution in [2.45, 2.75) is 11.8 Å². The Bertz CT molecular complexity index is 1090. The minimum atomic E-state index is -3.96. The zero-order valence-corrected chi connectivity index (χ0v) is 16.7. The molecule has 0 unspecified atom stereocenters. The van der Waals surface area contributed by atoms with Gasteiger partial charge in [-0.15, -0.1) is 0 Å². The van der Waals surface area contributed by atoms with Crippen molar-refractivity contribution in [3.63, 3.8) is 0 Å². The van der Waals surface area contributed by atoms with Gasteiger partial charge in [-0.1, -0.05) is 5.16 Å². The number of ether oxygens (including phenoxy) is 3. The van der Waals surface area contributed by atoms with Gasteiger partial charge in [-0.05, 0) is 37.3 Å². The van der Waals surface area contributed by atoms with Gasteiger partial charge in [-0.2, -0.15) is 0 Å². The van der Waals surface area contributed by atoms with Crippen LogP contribution in [0.2, 0.25) is 0 Å². The molecule has 0 amide bonds. The van der Waals surface area contributed by atoms with Crippen molar-refractivity contribution in [1.82, 2.24) is 5.16 Å². The van der Waals surface area contributed by atoms with Crippen LogP contribution in [0.1, 0.15) is 5.69 Å². The summed E-state index contributed by atoms with van der Waals surface area (Å²) >= 11 is 0. The highest BCUT2D eigenvalue weighted by Crippen LogP contribution is 2.34. The van der Waals surface area contributed by atoms with Crippen LogP contribution in [0.5, 0.6) is 17.2 Å². The standard InChI is InChI=1S/C19H20N2O6S/c1-12-9-17(27-20-12)13-5-7-16(25-3)19(10-13)28(22,23)21-14-6-8-15(24-2)18(11-14)26-4/h5-11,21H,1-4H3. The van der Waals surface area contributed by atoms with E-state index in [4.69, 9.17) is 18.7 Å². The van der Waals surface area contributed by atoms with Crippen LogP contribution >= 0.6 is 0 Å². The van der Waals surface area contributed by atoms with Crippen LogP contribution in [0.25, 0.3) is 11.3 Å². The van der Waals surface area contributed by atoms with Crippen LogP contribution in [0.15, 0.2) is 51.9 Å². The van der Waals surface area contributed by atoms with E-state index in [1.807, 2.05) is 0 Å².